The molecule has 31 heavy (non-hydrogen) atoms. The Hall–Kier alpha value is -2.63. The summed E-state index contributed by atoms with van der Waals surface area (Å²) in [6.45, 7) is 2.10. The third-order valence-electron chi connectivity index (χ3n) is 7.86. The highest BCUT2D eigenvalue weighted by atomic mass is 16.2. The van der Waals surface area contributed by atoms with Crippen LogP contribution in [0.25, 0.3) is 0 Å². The van der Waals surface area contributed by atoms with E-state index in [1.165, 1.54) is 48.7 Å². The molecule has 0 spiro atoms. The van der Waals surface area contributed by atoms with Crippen LogP contribution < -0.4 is 16.6 Å². The number of aryl methyl sites for hydroxylation is 2. The Bertz CT molecular complexity index is 1060. The maximum Gasteiger partial charge on any atom is 0.328 e. The Morgan fingerprint density at radius 2 is 1.68 bits per heavy atom. The van der Waals surface area contributed by atoms with Crippen LogP contribution in [0, 0.1) is 17.8 Å². The molecular weight excluding hydrogens is 390 g/mol. The van der Waals surface area contributed by atoms with Crippen LogP contribution in [-0.4, -0.2) is 15.5 Å². The van der Waals surface area contributed by atoms with Gasteiger partial charge in [-0.15, -0.1) is 0 Å². The van der Waals surface area contributed by atoms with Crippen LogP contribution in [0.2, 0.25) is 0 Å². The van der Waals surface area contributed by atoms with Gasteiger partial charge in [0.05, 0.1) is 0 Å². The van der Waals surface area contributed by atoms with Gasteiger partial charge < -0.3 is 5.32 Å². The van der Waals surface area contributed by atoms with E-state index in [4.69, 9.17) is 0 Å². The van der Waals surface area contributed by atoms with Crippen LogP contribution in [0.3, 0.4) is 0 Å². The van der Waals surface area contributed by atoms with Gasteiger partial charge in [-0.2, -0.15) is 0 Å². The van der Waals surface area contributed by atoms with Crippen molar-refractivity contribution < 1.29 is 4.79 Å². The summed E-state index contributed by atoms with van der Waals surface area (Å²) in [6.07, 6.45) is 10.6. The maximum absolute atomic E-state index is 12.4. The normalized spacial score (nSPS) is 28.6. The molecule has 164 valence electrons. The average molecular weight is 422 g/mol. The first kappa shape index (κ1) is 20.3. The fourth-order valence-corrected chi connectivity index (χ4v) is 6.79. The van der Waals surface area contributed by atoms with Crippen molar-refractivity contribution in [2.75, 3.05) is 5.32 Å². The second-order valence-electron chi connectivity index (χ2n) is 10.0. The fraction of sp³-hybridized carbons (Fsp3) is 0.560. The number of rotatable bonds is 6. The molecule has 6 nitrogen and oxygen atoms in total. The van der Waals surface area contributed by atoms with E-state index in [0.717, 1.165) is 23.4 Å². The summed E-state index contributed by atoms with van der Waals surface area (Å²) in [5.74, 6) is 2.60. The molecule has 4 bridgehead atoms. The number of carbonyl (C=O) groups is 1. The topological polar surface area (TPSA) is 84.0 Å². The van der Waals surface area contributed by atoms with Gasteiger partial charge in [0.1, 0.15) is 0 Å². The molecule has 6 rings (SSSR count). The third-order valence-corrected chi connectivity index (χ3v) is 7.86. The summed E-state index contributed by atoms with van der Waals surface area (Å²) >= 11 is 0. The summed E-state index contributed by atoms with van der Waals surface area (Å²) in [5, 5.41) is 2.95. The van der Waals surface area contributed by atoms with E-state index in [2.05, 4.69) is 22.4 Å². The van der Waals surface area contributed by atoms with Crippen molar-refractivity contribution in [1.82, 2.24) is 9.55 Å². The van der Waals surface area contributed by atoms with Gasteiger partial charge in [-0.3, -0.25) is 19.1 Å². The average Bonchev–Trinajstić information content (AvgIpc) is 2.72. The van der Waals surface area contributed by atoms with Crippen LogP contribution in [0.15, 0.2) is 40.1 Å². The second-order valence-corrected chi connectivity index (χ2v) is 10.0. The fourth-order valence-electron chi connectivity index (χ4n) is 6.79. The predicted octanol–water partition coefficient (Wildman–Crippen LogP) is 3.60. The van der Waals surface area contributed by atoms with Gasteiger partial charge >= 0.3 is 5.69 Å². The molecule has 6 heteroatoms. The second kappa shape index (κ2) is 7.81. The molecule has 1 aromatic heterocycles. The number of nitrogens with one attached hydrogen (secondary N) is 2. The van der Waals surface area contributed by atoms with Crippen molar-refractivity contribution in [1.29, 1.82) is 0 Å². The first-order chi connectivity index (χ1) is 14.9. The minimum absolute atomic E-state index is 0.140. The molecule has 0 unspecified atom stereocenters. The van der Waals surface area contributed by atoms with E-state index < -0.39 is 5.69 Å². The van der Waals surface area contributed by atoms with Gasteiger partial charge in [-0.25, -0.2) is 4.79 Å². The maximum atomic E-state index is 12.4. The van der Waals surface area contributed by atoms with Crippen LogP contribution >= 0.6 is 0 Å². The van der Waals surface area contributed by atoms with E-state index >= 15 is 0 Å². The Morgan fingerprint density at radius 3 is 2.26 bits per heavy atom. The van der Waals surface area contributed by atoms with E-state index in [1.54, 1.807) is 6.20 Å². The number of carbonyl (C=O) groups excluding carboxylic acids is 1. The van der Waals surface area contributed by atoms with Crippen LogP contribution in [0.5, 0.6) is 0 Å². The lowest BCUT2D eigenvalue weighted by Crippen LogP contribution is -2.48. The highest BCUT2D eigenvalue weighted by molar-refractivity contribution is 5.90. The summed E-state index contributed by atoms with van der Waals surface area (Å²) in [7, 11) is 0. The smallest absolute Gasteiger partial charge is 0.326 e. The summed E-state index contributed by atoms with van der Waals surface area (Å²) < 4.78 is 1.40. The zero-order chi connectivity index (χ0) is 21.6. The quantitative estimate of drug-likeness (QED) is 0.748. The van der Waals surface area contributed by atoms with E-state index in [-0.39, 0.29) is 24.4 Å². The molecule has 4 fully saturated rings. The molecule has 1 heterocycles. The summed E-state index contributed by atoms with van der Waals surface area (Å²) in [4.78, 5) is 38.4. The van der Waals surface area contributed by atoms with Gasteiger partial charge in [0.25, 0.3) is 5.56 Å². The molecule has 0 aliphatic heterocycles. The predicted molar refractivity (Wildman–Crippen MR) is 120 cm³/mol. The van der Waals surface area contributed by atoms with Gasteiger partial charge in [0.15, 0.2) is 0 Å². The molecule has 1 aromatic carbocycles. The molecule has 2 N–H and O–H groups in total. The first-order valence-corrected chi connectivity index (χ1v) is 11.7. The Kier molecular flexibility index (Phi) is 5.11. The molecule has 2 aromatic rings. The number of hydrogen-bond acceptors (Lipinski definition) is 3. The highest BCUT2D eigenvalue weighted by Crippen LogP contribution is 2.60. The number of H-pyrrole nitrogens is 1. The van der Waals surface area contributed by atoms with E-state index in [0.29, 0.717) is 17.4 Å². The van der Waals surface area contributed by atoms with Crippen molar-refractivity contribution >= 4 is 11.6 Å². The zero-order valence-corrected chi connectivity index (χ0v) is 18.2. The third kappa shape index (κ3) is 3.88. The molecule has 4 saturated carbocycles. The first-order valence-electron chi connectivity index (χ1n) is 11.7. The van der Waals surface area contributed by atoms with Gasteiger partial charge in [0.2, 0.25) is 5.91 Å². The lowest BCUT2D eigenvalue weighted by atomic mass is 9.48. The summed E-state index contributed by atoms with van der Waals surface area (Å²) in [5.41, 5.74) is 2.31. The Balaban J connectivity index is 1.22. The van der Waals surface area contributed by atoms with Gasteiger partial charge in [0, 0.05) is 30.4 Å². The number of amides is 1. The molecule has 0 radical (unpaired) electrons. The van der Waals surface area contributed by atoms with Crippen molar-refractivity contribution in [3.63, 3.8) is 0 Å². The van der Waals surface area contributed by atoms with E-state index in [9.17, 15) is 14.4 Å². The number of benzene rings is 1. The Labute approximate surface area is 182 Å². The standard InChI is InChI=1S/C25H31N3O3/c1-2-19-15-28(24(31)27-23(19)30)8-7-22(29)26-21-5-3-20(4-6-21)25-12-16-9-17(13-25)11-18(10-16)14-25/h3-6,15-18H,2,7-14H2,1H3,(H,26,29)(H,27,30,31). The number of hydrogen-bond donors (Lipinski definition) is 2. The molecule has 4 aliphatic carbocycles. The monoisotopic (exact) mass is 421 g/mol. The van der Waals surface area contributed by atoms with Crippen LogP contribution in [0.4, 0.5) is 5.69 Å². The largest absolute Gasteiger partial charge is 0.328 e. The number of aromatic nitrogens is 2. The number of anilines is 1. The number of nitrogens with zero attached hydrogens (tertiary/aromatic N) is 1. The Morgan fingerprint density at radius 1 is 1.06 bits per heavy atom. The SMILES string of the molecule is CCc1cn(CCC(=O)Nc2ccc(C34CC5CC(CC(C5)C3)C4)cc2)c(=O)[nH]c1=O. The summed E-state index contributed by atoms with van der Waals surface area (Å²) in [6, 6.07) is 8.46. The molecule has 4 aliphatic rings. The van der Waals surface area contributed by atoms with E-state index in [1.807, 2.05) is 19.1 Å². The van der Waals surface area contributed by atoms with Gasteiger partial charge in [-0.1, -0.05) is 19.1 Å². The van der Waals surface area contributed by atoms with Crippen molar-refractivity contribution in [3.8, 4) is 0 Å². The zero-order valence-electron chi connectivity index (χ0n) is 18.2. The molecule has 0 saturated heterocycles. The van der Waals surface area contributed by atoms with Crippen molar-refractivity contribution in [2.24, 2.45) is 17.8 Å². The lowest BCUT2D eigenvalue weighted by Gasteiger charge is -2.57. The van der Waals surface area contributed by atoms with Crippen molar-refractivity contribution in [2.45, 2.75) is 70.3 Å². The molecular formula is C25H31N3O3. The number of aromatic amines is 1. The lowest BCUT2D eigenvalue weighted by molar-refractivity contribution is -0.116. The van der Waals surface area contributed by atoms with Crippen LogP contribution in [0.1, 0.15) is 63.0 Å². The van der Waals surface area contributed by atoms with Crippen LogP contribution in [-0.2, 0) is 23.2 Å². The van der Waals surface area contributed by atoms with Crippen molar-refractivity contribution in [3.05, 3.63) is 62.4 Å². The minimum Gasteiger partial charge on any atom is -0.326 e. The minimum atomic E-state index is -0.477. The molecule has 0 atom stereocenters. The molecule has 1 amide bonds. The van der Waals surface area contributed by atoms with Gasteiger partial charge in [-0.05, 0) is 85.8 Å². The highest BCUT2D eigenvalue weighted by Gasteiger charge is 2.51.